The lowest BCUT2D eigenvalue weighted by Gasteiger charge is -2.05. The van der Waals surface area contributed by atoms with E-state index in [1.165, 1.54) is 5.56 Å². The van der Waals surface area contributed by atoms with Gasteiger partial charge in [0.25, 0.3) is 5.91 Å². The summed E-state index contributed by atoms with van der Waals surface area (Å²) in [6.07, 6.45) is 0.823. The maximum Gasteiger partial charge on any atom is 0.251 e. The molecule has 1 N–H and O–H groups in total. The Balaban J connectivity index is 1.52. The highest BCUT2D eigenvalue weighted by atomic mass is 16.3. The number of carbonyl (C=O) groups excluding carboxylic acids is 1. The van der Waals surface area contributed by atoms with E-state index in [2.05, 4.69) is 17.4 Å². The molecule has 0 atom stereocenters. The number of nitrogens with one attached hydrogen (secondary N) is 1. The Morgan fingerprint density at radius 1 is 0.833 bits per heavy atom. The second-order valence-electron chi connectivity index (χ2n) is 5.80. The van der Waals surface area contributed by atoms with Crippen LogP contribution in [0.4, 0.5) is 0 Å². The number of amides is 1. The summed E-state index contributed by atoms with van der Waals surface area (Å²) in [5.41, 5.74) is 3.52. The van der Waals surface area contributed by atoms with Crippen LogP contribution in [0, 0.1) is 0 Å². The molecule has 0 spiro atoms. The van der Waals surface area contributed by atoms with Crippen molar-refractivity contribution in [3.05, 3.63) is 83.9 Å². The molecule has 0 bridgehead atoms. The summed E-state index contributed by atoms with van der Waals surface area (Å²) in [5, 5.41) is 4.99. The van der Waals surface area contributed by atoms with E-state index < -0.39 is 0 Å². The number of hydrogen-bond donors (Lipinski definition) is 1. The van der Waals surface area contributed by atoms with Crippen molar-refractivity contribution in [3.8, 4) is 0 Å². The first-order valence-corrected chi connectivity index (χ1v) is 8.05. The molecule has 0 unspecified atom stereocenters. The van der Waals surface area contributed by atoms with Crippen LogP contribution in [0.3, 0.4) is 0 Å². The third-order valence-corrected chi connectivity index (χ3v) is 4.18. The van der Waals surface area contributed by atoms with Crippen LogP contribution in [0.1, 0.15) is 15.9 Å². The highest BCUT2D eigenvalue weighted by molar-refractivity contribution is 6.08. The Morgan fingerprint density at radius 3 is 2.46 bits per heavy atom. The maximum absolute atomic E-state index is 12.4. The van der Waals surface area contributed by atoms with E-state index in [1.807, 2.05) is 60.7 Å². The lowest BCUT2D eigenvalue weighted by atomic mass is 10.1. The van der Waals surface area contributed by atoms with Gasteiger partial charge >= 0.3 is 0 Å². The van der Waals surface area contributed by atoms with Gasteiger partial charge < -0.3 is 9.73 Å². The number of fused-ring (bicyclic) bond motifs is 3. The second-order valence-corrected chi connectivity index (χ2v) is 5.80. The molecule has 3 nitrogen and oxygen atoms in total. The first-order valence-electron chi connectivity index (χ1n) is 8.05. The molecular formula is C21H17NO2. The lowest BCUT2D eigenvalue weighted by molar-refractivity contribution is 0.0954. The van der Waals surface area contributed by atoms with E-state index in [-0.39, 0.29) is 5.91 Å². The fourth-order valence-electron chi connectivity index (χ4n) is 2.93. The fraction of sp³-hybridized carbons (Fsp3) is 0.0952. The minimum atomic E-state index is -0.0573. The molecule has 0 radical (unpaired) electrons. The topological polar surface area (TPSA) is 42.2 Å². The maximum atomic E-state index is 12.4. The quantitative estimate of drug-likeness (QED) is 0.600. The van der Waals surface area contributed by atoms with Gasteiger partial charge in [0.1, 0.15) is 11.2 Å². The first kappa shape index (κ1) is 14.5. The molecule has 118 valence electrons. The Hall–Kier alpha value is -3.07. The predicted octanol–water partition coefficient (Wildman–Crippen LogP) is 4.56. The summed E-state index contributed by atoms with van der Waals surface area (Å²) in [6.45, 7) is 0.618. The van der Waals surface area contributed by atoms with Gasteiger partial charge in [-0.3, -0.25) is 4.79 Å². The van der Waals surface area contributed by atoms with Crippen molar-refractivity contribution in [2.24, 2.45) is 0 Å². The molecule has 1 heterocycles. The molecule has 0 saturated carbocycles. The van der Waals surface area contributed by atoms with Gasteiger partial charge in [0.15, 0.2) is 0 Å². The van der Waals surface area contributed by atoms with Gasteiger partial charge in [-0.05, 0) is 36.2 Å². The minimum Gasteiger partial charge on any atom is -0.456 e. The highest BCUT2D eigenvalue weighted by Gasteiger charge is 2.10. The number of benzene rings is 3. The van der Waals surface area contributed by atoms with E-state index in [0.717, 1.165) is 28.4 Å². The Bertz CT molecular complexity index is 1000. The van der Waals surface area contributed by atoms with Crippen molar-refractivity contribution in [2.75, 3.05) is 6.54 Å². The van der Waals surface area contributed by atoms with Crippen LogP contribution in [0.25, 0.3) is 21.9 Å². The van der Waals surface area contributed by atoms with Crippen molar-refractivity contribution in [1.29, 1.82) is 0 Å². The molecule has 0 saturated heterocycles. The fourth-order valence-corrected chi connectivity index (χ4v) is 2.93. The average molecular weight is 315 g/mol. The van der Waals surface area contributed by atoms with Crippen LogP contribution in [-0.2, 0) is 6.42 Å². The molecular weight excluding hydrogens is 298 g/mol. The van der Waals surface area contributed by atoms with Gasteiger partial charge in [0, 0.05) is 22.9 Å². The van der Waals surface area contributed by atoms with Crippen LogP contribution in [0.5, 0.6) is 0 Å². The summed E-state index contributed by atoms with van der Waals surface area (Å²) < 4.78 is 5.79. The van der Waals surface area contributed by atoms with E-state index in [0.29, 0.717) is 12.1 Å². The van der Waals surface area contributed by atoms with Crippen molar-refractivity contribution in [3.63, 3.8) is 0 Å². The lowest BCUT2D eigenvalue weighted by Crippen LogP contribution is -2.25. The average Bonchev–Trinajstić information content (AvgIpc) is 3.00. The normalized spacial score (nSPS) is 11.0. The Morgan fingerprint density at radius 2 is 1.58 bits per heavy atom. The number of carbonyl (C=O) groups is 1. The van der Waals surface area contributed by atoms with Gasteiger partial charge in [-0.1, -0.05) is 48.5 Å². The van der Waals surface area contributed by atoms with Crippen LogP contribution >= 0.6 is 0 Å². The third-order valence-electron chi connectivity index (χ3n) is 4.18. The highest BCUT2D eigenvalue weighted by Crippen LogP contribution is 2.29. The zero-order valence-electron chi connectivity index (χ0n) is 13.2. The molecule has 3 aromatic carbocycles. The molecule has 0 fully saturated rings. The van der Waals surface area contributed by atoms with Gasteiger partial charge in [0.05, 0.1) is 0 Å². The van der Waals surface area contributed by atoms with Gasteiger partial charge in [0.2, 0.25) is 0 Å². The molecule has 0 aliphatic carbocycles. The molecule has 4 aromatic rings. The molecule has 1 amide bonds. The summed E-state index contributed by atoms with van der Waals surface area (Å²) in [6, 6.07) is 23.6. The first-order chi connectivity index (χ1) is 11.8. The molecule has 1 aromatic heterocycles. The number of para-hydroxylation sites is 1. The van der Waals surface area contributed by atoms with E-state index in [1.54, 1.807) is 0 Å². The molecule has 3 heteroatoms. The Kier molecular flexibility index (Phi) is 3.75. The summed E-state index contributed by atoms with van der Waals surface area (Å²) in [7, 11) is 0. The summed E-state index contributed by atoms with van der Waals surface area (Å²) >= 11 is 0. The van der Waals surface area contributed by atoms with Crippen molar-refractivity contribution >= 4 is 27.8 Å². The zero-order chi connectivity index (χ0) is 16.4. The number of rotatable bonds is 4. The molecule has 4 rings (SSSR count). The van der Waals surface area contributed by atoms with Crippen LogP contribution in [0.2, 0.25) is 0 Å². The minimum absolute atomic E-state index is 0.0573. The smallest absolute Gasteiger partial charge is 0.251 e. The summed E-state index contributed by atoms with van der Waals surface area (Å²) in [4.78, 5) is 12.4. The number of furan rings is 1. The predicted molar refractivity (Wildman–Crippen MR) is 96.2 cm³/mol. The van der Waals surface area contributed by atoms with Crippen LogP contribution in [-0.4, -0.2) is 12.5 Å². The van der Waals surface area contributed by atoms with Crippen LogP contribution < -0.4 is 5.32 Å². The number of hydrogen-bond acceptors (Lipinski definition) is 2. The molecule has 0 aliphatic rings. The largest absolute Gasteiger partial charge is 0.456 e. The third kappa shape index (κ3) is 2.76. The monoisotopic (exact) mass is 315 g/mol. The van der Waals surface area contributed by atoms with Crippen LogP contribution in [0.15, 0.2) is 77.2 Å². The molecule has 24 heavy (non-hydrogen) atoms. The SMILES string of the molecule is O=C(NCCc1ccccc1)c1ccc2oc3ccccc3c2c1. The molecule has 0 aliphatic heterocycles. The van der Waals surface area contributed by atoms with E-state index in [9.17, 15) is 4.79 Å². The van der Waals surface area contributed by atoms with Gasteiger partial charge in [-0.2, -0.15) is 0 Å². The van der Waals surface area contributed by atoms with E-state index >= 15 is 0 Å². The van der Waals surface area contributed by atoms with Crippen molar-refractivity contribution in [2.45, 2.75) is 6.42 Å². The standard InChI is InChI=1S/C21H17NO2/c23-21(22-13-12-15-6-2-1-3-7-15)16-10-11-20-18(14-16)17-8-4-5-9-19(17)24-20/h1-11,14H,12-13H2,(H,22,23). The van der Waals surface area contributed by atoms with Gasteiger partial charge in [-0.15, -0.1) is 0 Å². The Labute approximate surface area is 139 Å². The second kappa shape index (κ2) is 6.20. The van der Waals surface area contributed by atoms with Crippen molar-refractivity contribution in [1.82, 2.24) is 5.32 Å². The zero-order valence-corrected chi connectivity index (χ0v) is 13.2. The summed E-state index contributed by atoms with van der Waals surface area (Å²) in [5.74, 6) is -0.0573. The van der Waals surface area contributed by atoms with Gasteiger partial charge in [-0.25, -0.2) is 0 Å². The van der Waals surface area contributed by atoms with E-state index in [4.69, 9.17) is 4.42 Å². The van der Waals surface area contributed by atoms with Crippen molar-refractivity contribution < 1.29 is 9.21 Å².